The molecule has 0 saturated carbocycles. The third kappa shape index (κ3) is 7.22. The van der Waals surface area contributed by atoms with Gasteiger partial charge in [0.15, 0.2) is 12.6 Å². The minimum absolute atomic E-state index is 0.0432. The molecule has 8 rings (SSSR count). The highest BCUT2D eigenvalue weighted by Gasteiger charge is 2.60. The van der Waals surface area contributed by atoms with Gasteiger partial charge in [-0.2, -0.15) is 0 Å². The summed E-state index contributed by atoms with van der Waals surface area (Å²) in [6, 6.07) is 43.4. The molecule has 4 heterocycles. The van der Waals surface area contributed by atoms with E-state index in [1.54, 1.807) is 0 Å². The summed E-state index contributed by atoms with van der Waals surface area (Å²) < 4.78 is 38.1. The maximum atomic E-state index is 9.20. The molecule has 4 aromatic rings. The molecular formula is C44H56O8Si2. The van der Waals surface area contributed by atoms with E-state index in [1.165, 1.54) is 20.7 Å². The molecule has 4 aromatic carbocycles. The van der Waals surface area contributed by atoms with Gasteiger partial charge in [-0.15, -0.1) is 0 Å². The number of aliphatic hydroxyl groups is 2. The van der Waals surface area contributed by atoms with Gasteiger partial charge in [-0.3, -0.25) is 0 Å². The zero-order valence-corrected chi connectivity index (χ0v) is 34.3. The average molecular weight is 769 g/mol. The van der Waals surface area contributed by atoms with E-state index in [0.717, 1.165) is 0 Å². The molecule has 4 fully saturated rings. The quantitative estimate of drug-likeness (QED) is 0.252. The van der Waals surface area contributed by atoms with Crippen LogP contribution in [-0.4, -0.2) is 90.3 Å². The fourth-order valence-electron chi connectivity index (χ4n) is 9.02. The van der Waals surface area contributed by atoms with Crippen molar-refractivity contribution < 1.29 is 38.0 Å². The van der Waals surface area contributed by atoms with Gasteiger partial charge in [-0.25, -0.2) is 0 Å². The van der Waals surface area contributed by atoms with Crippen LogP contribution in [0, 0.1) is 11.8 Å². The Morgan fingerprint density at radius 3 is 1.00 bits per heavy atom. The molecule has 8 nitrogen and oxygen atoms in total. The lowest BCUT2D eigenvalue weighted by atomic mass is 10.0. The van der Waals surface area contributed by atoms with Crippen LogP contribution in [0.3, 0.4) is 0 Å². The van der Waals surface area contributed by atoms with Crippen LogP contribution in [0.2, 0.25) is 10.1 Å². The third-order valence-electron chi connectivity index (χ3n) is 11.6. The van der Waals surface area contributed by atoms with Crippen LogP contribution < -0.4 is 20.7 Å². The highest BCUT2D eigenvalue weighted by molar-refractivity contribution is 7.00. The molecule has 0 amide bonds. The summed E-state index contributed by atoms with van der Waals surface area (Å²) in [5.74, 6) is -0.265. The second-order valence-electron chi connectivity index (χ2n) is 17.0. The van der Waals surface area contributed by atoms with Gasteiger partial charge < -0.3 is 38.0 Å². The van der Waals surface area contributed by atoms with Crippen LogP contribution in [0.25, 0.3) is 0 Å². The van der Waals surface area contributed by atoms with E-state index >= 15 is 0 Å². The van der Waals surface area contributed by atoms with Gasteiger partial charge in [0.05, 0.1) is 62.7 Å². The van der Waals surface area contributed by atoms with E-state index in [1.807, 2.05) is 0 Å². The number of fused-ring (bicyclic) bond motifs is 2. The molecule has 0 radical (unpaired) electrons. The molecule has 0 spiro atoms. The molecule has 288 valence electrons. The van der Waals surface area contributed by atoms with Crippen molar-refractivity contribution in [2.75, 3.05) is 26.4 Å². The summed E-state index contributed by atoms with van der Waals surface area (Å²) >= 11 is 0. The van der Waals surface area contributed by atoms with Crippen molar-refractivity contribution in [2.45, 2.75) is 88.6 Å². The number of hydrogen-bond acceptors (Lipinski definition) is 8. The molecule has 54 heavy (non-hydrogen) atoms. The van der Waals surface area contributed by atoms with Crippen LogP contribution >= 0.6 is 0 Å². The summed E-state index contributed by atoms with van der Waals surface area (Å²) in [6.07, 6.45) is -2.16. The lowest BCUT2D eigenvalue weighted by Gasteiger charge is -2.47. The Morgan fingerprint density at radius 1 is 0.444 bits per heavy atom. The normalized spacial score (nSPS) is 28.3. The molecule has 4 saturated heterocycles. The van der Waals surface area contributed by atoms with Crippen molar-refractivity contribution in [3.63, 3.8) is 0 Å². The molecule has 2 N–H and O–H groups in total. The lowest BCUT2D eigenvalue weighted by Crippen LogP contribution is -2.70. The number of aliphatic hydroxyl groups excluding tert-OH is 2. The Hall–Kier alpha value is -3.01. The lowest BCUT2D eigenvalue weighted by molar-refractivity contribution is -0.0912. The average Bonchev–Trinajstić information content (AvgIpc) is 3.95. The van der Waals surface area contributed by atoms with E-state index in [-0.39, 0.29) is 59.9 Å². The third-order valence-corrected chi connectivity index (χ3v) is 21.7. The Labute approximate surface area is 322 Å². The molecule has 4 aliphatic heterocycles. The minimum Gasteiger partial charge on any atom is -0.402 e. The second-order valence-corrected chi connectivity index (χ2v) is 25.5. The van der Waals surface area contributed by atoms with Crippen molar-refractivity contribution in [2.24, 2.45) is 11.8 Å². The maximum absolute atomic E-state index is 9.20. The van der Waals surface area contributed by atoms with Gasteiger partial charge in [-0.1, -0.05) is 163 Å². The Morgan fingerprint density at radius 2 is 0.722 bits per heavy atom. The van der Waals surface area contributed by atoms with Crippen LogP contribution in [0.15, 0.2) is 121 Å². The van der Waals surface area contributed by atoms with Crippen LogP contribution in [-0.2, 0) is 27.8 Å². The molecule has 0 unspecified atom stereocenters. The first-order valence-corrected chi connectivity index (χ1v) is 23.1. The molecule has 10 heteroatoms. The largest absolute Gasteiger partial charge is 0.402 e. The molecule has 0 bridgehead atoms. The van der Waals surface area contributed by atoms with Crippen molar-refractivity contribution in [1.29, 1.82) is 0 Å². The van der Waals surface area contributed by atoms with E-state index < -0.39 is 28.8 Å². The standard InChI is InChI=1S/C38H46O4Si2.C6H10O4/c1-37(2,3)43(29-19-11-7-12-20-29,30-21-13-8-14-22-30)41-33-27-39-36-35(33)34(28-40-36)42-44(38(4,5)6,31-23-15-9-16-24-31)32-25-17-10-18-26-32;7-3-1-9-6-5(3)4(8)2-10-6/h7-26,33-36H,27-28H2,1-6H3;3-8H,1-2H2/t33-,34-,35?,36?;3-,4-,5?,6?/m00/s1. The summed E-state index contributed by atoms with van der Waals surface area (Å²) in [4.78, 5) is 0. The Bertz CT molecular complexity index is 1580. The van der Waals surface area contributed by atoms with E-state index in [9.17, 15) is 10.2 Å². The SMILES string of the molecule is CC(C)(C)[Si](O[C@H]1COC2OC[C@H](O[Si](c3ccccc3)(c3ccccc3)C(C)(C)C)C21)(c1ccccc1)c1ccccc1.O[C@H]1COC2OC[C@H](O)C21. The van der Waals surface area contributed by atoms with E-state index in [4.69, 9.17) is 27.8 Å². The van der Waals surface area contributed by atoms with E-state index in [0.29, 0.717) is 13.2 Å². The van der Waals surface area contributed by atoms with Gasteiger partial charge in [0.25, 0.3) is 16.6 Å². The van der Waals surface area contributed by atoms with E-state index in [2.05, 4.69) is 163 Å². The fourth-order valence-corrected chi connectivity index (χ4v) is 18.4. The zero-order valence-electron chi connectivity index (χ0n) is 32.3. The maximum Gasteiger partial charge on any atom is 0.261 e. The molecule has 4 aliphatic rings. The number of benzene rings is 4. The van der Waals surface area contributed by atoms with Crippen LogP contribution in [0.5, 0.6) is 0 Å². The Kier molecular flexibility index (Phi) is 11.5. The highest BCUT2D eigenvalue weighted by Crippen LogP contribution is 2.45. The predicted octanol–water partition coefficient (Wildman–Crippen LogP) is 4.59. The number of ether oxygens (including phenoxy) is 4. The van der Waals surface area contributed by atoms with Gasteiger partial charge in [0.1, 0.15) is 0 Å². The summed E-state index contributed by atoms with van der Waals surface area (Å²) in [7, 11) is -5.61. The van der Waals surface area contributed by atoms with Crippen molar-refractivity contribution >= 4 is 37.4 Å². The first kappa shape index (κ1) is 39.2. The summed E-state index contributed by atoms with van der Waals surface area (Å²) in [5.41, 5.74) is 0. The van der Waals surface area contributed by atoms with Crippen LogP contribution in [0.4, 0.5) is 0 Å². The first-order chi connectivity index (χ1) is 25.9. The molecule has 4 atom stereocenters. The van der Waals surface area contributed by atoms with Crippen molar-refractivity contribution in [1.82, 2.24) is 0 Å². The topological polar surface area (TPSA) is 95.8 Å². The summed E-state index contributed by atoms with van der Waals surface area (Å²) in [5, 5.41) is 23.2. The molecule has 0 aromatic heterocycles. The van der Waals surface area contributed by atoms with Gasteiger partial charge in [-0.05, 0) is 30.8 Å². The van der Waals surface area contributed by atoms with Crippen molar-refractivity contribution in [3.05, 3.63) is 121 Å². The minimum atomic E-state index is -2.81. The molecule has 0 aliphatic carbocycles. The highest BCUT2D eigenvalue weighted by atomic mass is 28.4. The van der Waals surface area contributed by atoms with Crippen molar-refractivity contribution in [3.8, 4) is 0 Å². The number of hydrogen-bond donors (Lipinski definition) is 2. The van der Waals surface area contributed by atoms with Gasteiger partial charge in [0.2, 0.25) is 0 Å². The Balaban J connectivity index is 0.000000386. The second kappa shape index (κ2) is 15.9. The first-order valence-electron chi connectivity index (χ1n) is 19.3. The monoisotopic (exact) mass is 768 g/mol. The summed E-state index contributed by atoms with van der Waals surface area (Å²) in [6.45, 7) is 15.5. The number of rotatable bonds is 8. The van der Waals surface area contributed by atoms with Crippen LogP contribution in [0.1, 0.15) is 41.5 Å². The fraction of sp³-hybridized carbons (Fsp3) is 0.455. The van der Waals surface area contributed by atoms with Gasteiger partial charge in [0, 0.05) is 0 Å². The zero-order chi connectivity index (χ0) is 38.1. The smallest absolute Gasteiger partial charge is 0.261 e. The predicted molar refractivity (Wildman–Crippen MR) is 215 cm³/mol. The van der Waals surface area contributed by atoms with Gasteiger partial charge >= 0.3 is 0 Å². The molecular weight excluding hydrogens is 713 g/mol.